The van der Waals surface area contributed by atoms with Crippen LogP contribution in [0.15, 0.2) is 36.4 Å². The minimum absolute atomic E-state index is 0.666. The van der Waals surface area contributed by atoms with E-state index in [-0.39, 0.29) is 0 Å². The largest absolute Gasteiger partial charge is 0.297 e. The molecule has 0 fully saturated rings. The van der Waals surface area contributed by atoms with Crippen LogP contribution in [0, 0.1) is 0 Å². The normalized spacial score (nSPS) is 9.85. The van der Waals surface area contributed by atoms with Gasteiger partial charge in [-0.3, -0.25) is 4.79 Å². The first-order valence-corrected chi connectivity index (χ1v) is 4.65. The molecule has 0 unspecified atom stereocenters. The summed E-state index contributed by atoms with van der Waals surface area (Å²) in [4.78, 5) is 11.1. The zero-order valence-electron chi connectivity index (χ0n) is 6.81. The van der Waals surface area contributed by atoms with Crippen molar-refractivity contribution >= 4 is 17.8 Å². The molecule has 13 heavy (non-hydrogen) atoms. The Bertz CT molecular complexity index is 408. The molecule has 1 aromatic carbocycles. The van der Waals surface area contributed by atoms with Crippen molar-refractivity contribution in [1.29, 1.82) is 0 Å². The highest BCUT2D eigenvalue weighted by Crippen LogP contribution is 2.20. The molecule has 2 nitrogen and oxygen atoms in total. The van der Waals surface area contributed by atoms with Gasteiger partial charge in [-0.2, -0.15) is 4.37 Å². The number of aldehydes is 1. The van der Waals surface area contributed by atoms with Gasteiger partial charge in [0.2, 0.25) is 0 Å². The quantitative estimate of drug-likeness (QED) is 0.680. The van der Waals surface area contributed by atoms with Gasteiger partial charge in [-0.1, -0.05) is 30.3 Å². The summed E-state index contributed by atoms with van der Waals surface area (Å²) >= 11 is 1.23. The van der Waals surface area contributed by atoms with E-state index in [4.69, 9.17) is 0 Å². The van der Waals surface area contributed by atoms with Crippen LogP contribution >= 0.6 is 11.5 Å². The zero-order chi connectivity index (χ0) is 9.10. The summed E-state index contributed by atoms with van der Waals surface area (Å²) in [5.41, 5.74) is 1.92. The average Bonchev–Trinajstić information content (AvgIpc) is 2.67. The molecular formula is C10H7NOS. The fraction of sp³-hybridized carbons (Fsp3) is 0. The second-order valence-electron chi connectivity index (χ2n) is 2.60. The number of carbonyl (C=O) groups excluding carboxylic acids is 1. The Morgan fingerprint density at radius 2 is 2.00 bits per heavy atom. The van der Waals surface area contributed by atoms with Crippen molar-refractivity contribution in [1.82, 2.24) is 4.37 Å². The number of benzene rings is 1. The van der Waals surface area contributed by atoms with E-state index >= 15 is 0 Å². The van der Waals surface area contributed by atoms with Gasteiger partial charge in [0.1, 0.15) is 0 Å². The summed E-state index contributed by atoms with van der Waals surface area (Å²) in [5.74, 6) is 0. The molecule has 0 saturated heterocycles. The van der Waals surface area contributed by atoms with Crippen molar-refractivity contribution in [3.8, 4) is 11.3 Å². The van der Waals surface area contributed by atoms with Crippen molar-refractivity contribution < 1.29 is 4.79 Å². The van der Waals surface area contributed by atoms with E-state index in [9.17, 15) is 4.79 Å². The van der Waals surface area contributed by atoms with Gasteiger partial charge in [0.25, 0.3) is 0 Å². The van der Waals surface area contributed by atoms with Crippen molar-refractivity contribution in [3.05, 3.63) is 41.3 Å². The Hall–Kier alpha value is -1.48. The molecule has 0 bridgehead atoms. The predicted molar refractivity (Wildman–Crippen MR) is 52.9 cm³/mol. The lowest BCUT2D eigenvalue weighted by Gasteiger charge is -1.92. The van der Waals surface area contributed by atoms with E-state index in [1.54, 1.807) is 6.07 Å². The molecule has 0 amide bonds. The highest BCUT2D eigenvalue weighted by Gasteiger charge is 2.01. The van der Waals surface area contributed by atoms with Crippen LogP contribution in [-0.4, -0.2) is 10.7 Å². The molecule has 64 valence electrons. The topological polar surface area (TPSA) is 30.0 Å². The Labute approximate surface area is 80.0 Å². The Balaban J connectivity index is 2.41. The average molecular weight is 189 g/mol. The van der Waals surface area contributed by atoms with Gasteiger partial charge >= 0.3 is 0 Å². The van der Waals surface area contributed by atoms with Gasteiger partial charge < -0.3 is 0 Å². The van der Waals surface area contributed by atoms with Crippen molar-refractivity contribution in [2.24, 2.45) is 0 Å². The molecule has 0 spiro atoms. The summed E-state index contributed by atoms with van der Waals surface area (Å²) in [5, 5.41) is 0. The van der Waals surface area contributed by atoms with Crippen molar-refractivity contribution in [2.75, 3.05) is 0 Å². The lowest BCUT2D eigenvalue weighted by atomic mass is 10.1. The highest BCUT2D eigenvalue weighted by molar-refractivity contribution is 7.07. The number of aromatic nitrogens is 1. The van der Waals surface area contributed by atoms with Crippen LogP contribution < -0.4 is 0 Å². The van der Waals surface area contributed by atoms with E-state index in [0.717, 1.165) is 17.5 Å². The number of carbonyl (C=O) groups is 1. The number of hydrogen-bond donors (Lipinski definition) is 0. The molecular weight excluding hydrogens is 182 g/mol. The minimum atomic E-state index is 0.666. The fourth-order valence-corrected chi connectivity index (χ4v) is 1.66. The van der Waals surface area contributed by atoms with Crippen molar-refractivity contribution in [3.63, 3.8) is 0 Å². The lowest BCUT2D eigenvalue weighted by Crippen LogP contribution is -1.73. The van der Waals surface area contributed by atoms with Gasteiger partial charge in [0.05, 0.1) is 10.6 Å². The van der Waals surface area contributed by atoms with E-state index in [1.165, 1.54) is 11.5 Å². The lowest BCUT2D eigenvalue weighted by molar-refractivity contribution is 0.112. The first-order chi connectivity index (χ1) is 6.40. The number of nitrogens with zero attached hydrogens (tertiary/aromatic N) is 1. The SMILES string of the molecule is O=Cc1cc(-c2ccccc2)ns1. The Morgan fingerprint density at radius 3 is 2.62 bits per heavy atom. The van der Waals surface area contributed by atoms with Crippen LogP contribution in [0.3, 0.4) is 0 Å². The molecule has 0 aliphatic rings. The third-order valence-electron chi connectivity index (χ3n) is 1.71. The maximum absolute atomic E-state index is 10.4. The molecule has 0 saturated carbocycles. The van der Waals surface area contributed by atoms with Crippen molar-refractivity contribution in [2.45, 2.75) is 0 Å². The first-order valence-electron chi connectivity index (χ1n) is 3.87. The molecule has 0 aliphatic carbocycles. The monoisotopic (exact) mass is 189 g/mol. The maximum atomic E-state index is 10.4. The molecule has 0 N–H and O–H groups in total. The van der Waals surface area contributed by atoms with E-state index in [2.05, 4.69) is 4.37 Å². The van der Waals surface area contributed by atoms with Gasteiger partial charge in [-0.15, -0.1) is 0 Å². The molecule has 0 atom stereocenters. The van der Waals surface area contributed by atoms with Crippen LogP contribution in [0.4, 0.5) is 0 Å². The molecule has 2 rings (SSSR count). The van der Waals surface area contributed by atoms with Crippen LogP contribution in [0.2, 0.25) is 0 Å². The van der Waals surface area contributed by atoms with Crippen LogP contribution in [0.25, 0.3) is 11.3 Å². The molecule has 0 radical (unpaired) electrons. The zero-order valence-corrected chi connectivity index (χ0v) is 7.62. The fourth-order valence-electron chi connectivity index (χ4n) is 1.09. The van der Waals surface area contributed by atoms with Crippen LogP contribution in [0.1, 0.15) is 9.67 Å². The van der Waals surface area contributed by atoms with Gasteiger partial charge in [0, 0.05) is 5.56 Å². The summed E-state index contributed by atoms with van der Waals surface area (Å²) in [6, 6.07) is 11.6. The number of rotatable bonds is 2. The molecule has 0 aliphatic heterocycles. The van der Waals surface area contributed by atoms with Crippen LogP contribution in [0.5, 0.6) is 0 Å². The van der Waals surface area contributed by atoms with E-state index in [1.807, 2.05) is 30.3 Å². The van der Waals surface area contributed by atoms with Gasteiger partial charge in [0.15, 0.2) is 6.29 Å². The third-order valence-corrected chi connectivity index (χ3v) is 2.43. The summed E-state index contributed by atoms with van der Waals surface area (Å²) in [6.45, 7) is 0. The molecule has 3 heteroatoms. The smallest absolute Gasteiger partial charge is 0.161 e. The van der Waals surface area contributed by atoms with Crippen LogP contribution in [-0.2, 0) is 0 Å². The van der Waals surface area contributed by atoms with Gasteiger partial charge in [-0.25, -0.2) is 0 Å². The van der Waals surface area contributed by atoms with Gasteiger partial charge in [-0.05, 0) is 17.6 Å². The molecule has 1 heterocycles. The Morgan fingerprint density at radius 1 is 1.23 bits per heavy atom. The highest BCUT2D eigenvalue weighted by atomic mass is 32.1. The van der Waals surface area contributed by atoms with E-state index in [0.29, 0.717) is 4.88 Å². The minimum Gasteiger partial charge on any atom is -0.297 e. The standard InChI is InChI=1S/C10H7NOS/c12-7-9-6-10(11-13-9)8-4-2-1-3-5-8/h1-7H. The predicted octanol–water partition coefficient (Wildman–Crippen LogP) is 2.62. The maximum Gasteiger partial charge on any atom is 0.161 e. The molecule has 2 aromatic rings. The second-order valence-corrected chi connectivity index (χ2v) is 3.43. The summed E-state index contributed by atoms with van der Waals surface area (Å²) in [7, 11) is 0. The number of hydrogen-bond acceptors (Lipinski definition) is 3. The Kier molecular flexibility index (Phi) is 2.19. The van der Waals surface area contributed by atoms with E-state index < -0.39 is 0 Å². The summed E-state index contributed by atoms with van der Waals surface area (Å²) < 4.78 is 4.17. The second kappa shape index (κ2) is 3.49. The summed E-state index contributed by atoms with van der Waals surface area (Å²) in [6.07, 6.45) is 0.824. The first kappa shape index (κ1) is 8.13. The third kappa shape index (κ3) is 1.65. The molecule has 1 aromatic heterocycles.